The molecule has 5 heavy (non-hydrogen) atoms. The van der Waals surface area contributed by atoms with Gasteiger partial charge in [-0.2, -0.15) is 0 Å². The summed E-state index contributed by atoms with van der Waals surface area (Å²) in [6, 6.07) is 0. The van der Waals surface area contributed by atoms with Crippen LogP contribution in [0.3, 0.4) is 0 Å². The maximum atomic E-state index is 8.54. The van der Waals surface area contributed by atoms with Crippen LogP contribution in [0.15, 0.2) is 0 Å². The van der Waals surface area contributed by atoms with E-state index in [4.69, 9.17) is 12.2 Å². The Labute approximate surface area is 57.5 Å². The molecule has 26 valence electrons. The molecule has 0 aliphatic carbocycles. The molecule has 0 saturated carbocycles. The van der Waals surface area contributed by atoms with Crippen molar-refractivity contribution in [3.05, 3.63) is 0 Å². The van der Waals surface area contributed by atoms with Gasteiger partial charge in [0.05, 0.1) is 0 Å². The molecular weight excluding hydrogens is 150 g/mol. The molecular formula is HNaO3Se. The van der Waals surface area contributed by atoms with E-state index in [2.05, 4.69) is 0 Å². The maximum Gasteiger partial charge on any atom is 1.00 e. The summed E-state index contributed by atoms with van der Waals surface area (Å²) in [5.74, 6) is 0. The van der Waals surface area contributed by atoms with E-state index >= 15 is 0 Å². The van der Waals surface area contributed by atoms with Gasteiger partial charge < -0.3 is 0 Å². The van der Waals surface area contributed by atoms with Crippen molar-refractivity contribution in [2.45, 2.75) is 0 Å². The molecule has 0 fully saturated rings. The zero-order valence-corrected chi connectivity index (χ0v) is 6.35. The van der Waals surface area contributed by atoms with Gasteiger partial charge in [0.2, 0.25) is 0 Å². The van der Waals surface area contributed by atoms with E-state index in [0.29, 0.717) is 0 Å². The third-order valence-corrected chi connectivity index (χ3v) is 0. The molecule has 0 aliphatic heterocycles. The van der Waals surface area contributed by atoms with E-state index < -0.39 is 14.5 Å². The maximum absolute atomic E-state index is 8.54. The Kier molecular flexibility index (Phi) is 9.99. The average molecular weight is 151 g/mol. The van der Waals surface area contributed by atoms with E-state index in [9.17, 15) is 0 Å². The van der Waals surface area contributed by atoms with Crippen molar-refractivity contribution in [3.8, 4) is 0 Å². The van der Waals surface area contributed by atoms with E-state index in [1.165, 1.54) is 0 Å². The normalized spacial score (nSPS) is 7.00. The molecule has 0 unspecified atom stereocenters. The third-order valence-electron chi connectivity index (χ3n) is 0. The summed E-state index contributed by atoms with van der Waals surface area (Å²) >= 11 is -3.79. The van der Waals surface area contributed by atoms with Gasteiger partial charge in [0.25, 0.3) is 0 Å². The van der Waals surface area contributed by atoms with Crippen LogP contribution in [0.25, 0.3) is 0 Å². The number of hydrogen-bond acceptors (Lipinski definition) is 3. The van der Waals surface area contributed by atoms with Crippen molar-refractivity contribution in [2.75, 3.05) is 0 Å². The van der Waals surface area contributed by atoms with Crippen LogP contribution in [-0.2, 0) is 3.83 Å². The molecule has 0 saturated heterocycles. The van der Waals surface area contributed by atoms with Gasteiger partial charge in [-0.1, -0.05) is 0 Å². The van der Waals surface area contributed by atoms with Crippen LogP contribution in [0.2, 0.25) is 0 Å². The predicted molar refractivity (Wildman–Crippen MR) is 7.55 cm³/mol. The van der Waals surface area contributed by atoms with Crippen molar-refractivity contribution >= 4 is 14.5 Å². The minimum absolute atomic E-state index is 0. The SMILES string of the molecule is O=[Se]([O-])[O-].[H+].[Na+]. The molecule has 0 aliphatic rings. The van der Waals surface area contributed by atoms with E-state index in [-0.39, 0.29) is 31.0 Å². The Morgan fingerprint density at radius 1 is 1.60 bits per heavy atom. The first-order valence-corrected chi connectivity index (χ1v) is 2.60. The summed E-state index contributed by atoms with van der Waals surface area (Å²) in [6.45, 7) is 0. The number of rotatable bonds is 0. The van der Waals surface area contributed by atoms with Crippen LogP contribution in [0.5, 0.6) is 0 Å². The topological polar surface area (TPSA) is 63.2 Å². The Morgan fingerprint density at radius 3 is 1.60 bits per heavy atom. The minimum atomic E-state index is -3.79. The van der Waals surface area contributed by atoms with Crippen molar-refractivity contribution in [2.24, 2.45) is 0 Å². The standard InChI is InChI=1S/Na.H2O3Se/c;1-4(2)3/h;(H2,1,2,3)/q+1;/p-1. The zero-order valence-electron chi connectivity index (χ0n) is 3.63. The van der Waals surface area contributed by atoms with E-state index in [1.807, 2.05) is 0 Å². The molecule has 0 N–H and O–H groups in total. The van der Waals surface area contributed by atoms with Gasteiger partial charge in [0.1, 0.15) is 0 Å². The predicted octanol–water partition coefficient (Wildman–Crippen LogP) is -5.76. The summed E-state index contributed by atoms with van der Waals surface area (Å²) in [5.41, 5.74) is 0. The van der Waals surface area contributed by atoms with Gasteiger partial charge in [-0.05, 0) is 0 Å². The van der Waals surface area contributed by atoms with Gasteiger partial charge in [-0.15, -0.1) is 0 Å². The molecule has 0 amide bonds. The molecule has 0 radical (unpaired) electrons. The van der Waals surface area contributed by atoms with E-state index in [0.717, 1.165) is 0 Å². The summed E-state index contributed by atoms with van der Waals surface area (Å²) in [4.78, 5) is 0. The zero-order chi connectivity index (χ0) is 3.58. The van der Waals surface area contributed by atoms with Crippen molar-refractivity contribution in [1.82, 2.24) is 0 Å². The van der Waals surface area contributed by atoms with Crippen molar-refractivity contribution in [1.29, 1.82) is 0 Å². The smallest absolute Gasteiger partial charge is 1.00 e. The second kappa shape index (κ2) is 5.24. The fraction of sp³-hybridized carbons (Fsp3) is 0. The average Bonchev–Trinajstić information content (AvgIpc) is 0.811. The molecule has 0 aromatic carbocycles. The van der Waals surface area contributed by atoms with Crippen LogP contribution in [-0.4, -0.2) is 14.5 Å². The Balaban J connectivity index is -0.0000000450. The molecule has 3 nitrogen and oxygen atoms in total. The summed E-state index contributed by atoms with van der Waals surface area (Å²) in [6.07, 6.45) is 0. The summed E-state index contributed by atoms with van der Waals surface area (Å²) in [7, 11) is 0. The van der Waals surface area contributed by atoms with Crippen molar-refractivity contribution < 1.29 is 43.2 Å². The Bertz CT molecular complexity index is 33.8. The molecule has 0 heterocycles. The van der Waals surface area contributed by atoms with Crippen molar-refractivity contribution in [3.63, 3.8) is 0 Å². The first-order chi connectivity index (χ1) is 1.73. The quantitative estimate of drug-likeness (QED) is 0.324. The molecule has 0 rings (SSSR count). The van der Waals surface area contributed by atoms with Gasteiger partial charge in [0.15, 0.2) is 0 Å². The molecule has 0 bridgehead atoms. The minimum Gasteiger partial charge on any atom is 1.00 e. The second-order valence-electron chi connectivity index (χ2n) is 0.204. The van der Waals surface area contributed by atoms with Gasteiger partial charge in [-0.25, -0.2) is 0 Å². The molecule has 0 spiro atoms. The summed E-state index contributed by atoms with van der Waals surface area (Å²) < 4.78 is 25.6. The molecule has 0 aromatic heterocycles. The second-order valence-corrected chi connectivity index (χ2v) is 1.06. The van der Waals surface area contributed by atoms with E-state index in [1.54, 1.807) is 0 Å². The fourth-order valence-corrected chi connectivity index (χ4v) is 0. The van der Waals surface area contributed by atoms with Gasteiger partial charge in [-0.3, -0.25) is 0 Å². The first-order valence-electron chi connectivity index (χ1n) is 0.500. The molecule has 0 aromatic rings. The fourth-order valence-electron chi connectivity index (χ4n) is 0. The summed E-state index contributed by atoms with van der Waals surface area (Å²) in [5, 5.41) is 0. The van der Waals surface area contributed by atoms with Crippen LogP contribution in [0.4, 0.5) is 0 Å². The van der Waals surface area contributed by atoms with Crippen LogP contribution < -0.4 is 37.9 Å². The molecule has 5 heteroatoms. The molecule has 0 atom stereocenters. The monoisotopic (exact) mass is 152 g/mol. The van der Waals surface area contributed by atoms with Gasteiger partial charge >= 0.3 is 57.7 Å². The Morgan fingerprint density at radius 2 is 1.60 bits per heavy atom. The van der Waals surface area contributed by atoms with Gasteiger partial charge in [0, 0.05) is 0 Å². The third kappa shape index (κ3) is 35.8. The number of hydrogen-bond donors (Lipinski definition) is 0. The first kappa shape index (κ1) is 9.53. The van der Waals surface area contributed by atoms with Crippen LogP contribution in [0.1, 0.15) is 1.43 Å². The van der Waals surface area contributed by atoms with Crippen LogP contribution >= 0.6 is 0 Å². The largest absolute Gasteiger partial charge is 1.00 e. The van der Waals surface area contributed by atoms with Crippen LogP contribution in [0, 0.1) is 0 Å². The Hall–Kier alpha value is 1.24.